The van der Waals surface area contributed by atoms with Crippen LogP contribution in [-0.2, 0) is 33.7 Å². The van der Waals surface area contributed by atoms with Crippen LogP contribution in [0.15, 0.2) is 65.7 Å². The molecule has 6 rings (SSSR count). The van der Waals surface area contributed by atoms with E-state index in [0.29, 0.717) is 21.9 Å². The second-order valence-electron chi connectivity index (χ2n) is 11.5. The second kappa shape index (κ2) is 11.5. The predicted molar refractivity (Wildman–Crippen MR) is 153 cm³/mol. The van der Waals surface area contributed by atoms with Gasteiger partial charge in [-0.15, -0.1) is 0 Å². The van der Waals surface area contributed by atoms with Gasteiger partial charge in [0.2, 0.25) is 15.9 Å². The summed E-state index contributed by atoms with van der Waals surface area (Å²) in [6.45, 7) is -0.822. The van der Waals surface area contributed by atoms with Gasteiger partial charge in [-0.25, -0.2) is 30.3 Å². The van der Waals surface area contributed by atoms with Crippen LogP contribution in [0.1, 0.15) is 53.0 Å². The van der Waals surface area contributed by atoms with Crippen molar-refractivity contribution >= 4 is 15.9 Å². The third-order valence-electron chi connectivity index (χ3n) is 8.27. The van der Waals surface area contributed by atoms with Crippen molar-refractivity contribution < 1.29 is 39.6 Å². The van der Waals surface area contributed by atoms with E-state index in [1.807, 2.05) is 0 Å². The van der Waals surface area contributed by atoms with E-state index in [1.165, 1.54) is 44.6 Å². The van der Waals surface area contributed by atoms with Gasteiger partial charge in [0, 0.05) is 43.4 Å². The van der Waals surface area contributed by atoms with Crippen LogP contribution in [-0.4, -0.2) is 47.5 Å². The lowest BCUT2D eigenvalue weighted by Crippen LogP contribution is -2.35. The number of nitrogens with one attached hydrogen (secondary N) is 1. The minimum Gasteiger partial charge on any atom is -0.346 e. The Morgan fingerprint density at radius 3 is 2.37 bits per heavy atom. The molecule has 0 radical (unpaired) electrons. The molecule has 2 aromatic heterocycles. The first-order chi connectivity index (χ1) is 21.7. The highest BCUT2D eigenvalue weighted by atomic mass is 32.2. The maximum absolute atomic E-state index is 15.1. The quantitative estimate of drug-likeness (QED) is 0.219. The molecule has 2 aromatic carbocycles. The fourth-order valence-corrected chi connectivity index (χ4v) is 6.99. The zero-order chi connectivity index (χ0) is 33.1. The molecule has 0 bridgehead atoms. The summed E-state index contributed by atoms with van der Waals surface area (Å²) in [5.74, 6) is -7.90. The van der Waals surface area contributed by atoms with E-state index >= 15 is 8.78 Å². The summed E-state index contributed by atoms with van der Waals surface area (Å²) in [5, 5.41) is 6.36. The monoisotopic (exact) mass is 663 g/mol. The number of carbonyl (C=O) groups is 1. The number of pyridine rings is 1. The van der Waals surface area contributed by atoms with Crippen LogP contribution >= 0.6 is 0 Å². The summed E-state index contributed by atoms with van der Waals surface area (Å²) in [4.78, 5) is 17.9. The fourth-order valence-electron chi connectivity index (χ4n) is 6.09. The average molecular weight is 664 g/mol. The molecule has 46 heavy (non-hydrogen) atoms. The highest BCUT2D eigenvalue weighted by Crippen LogP contribution is 2.68. The molecule has 2 aliphatic carbocycles. The van der Waals surface area contributed by atoms with Crippen molar-refractivity contribution in [2.75, 3.05) is 14.1 Å². The summed E-state index contributed by atoms with van der Waals surface area (Å²) in [7, 11) is -0.954. The molecular formula is C31H27F6N5O3S. The van der Waals surface area contributed by atoms with Crippen LogP contribution in [0.4, 0.5) is 26.3 Å². The number of rotatable bonds is 10. The SMILES string of the molecule is CN(C)S(=O)(=O)c1ccc(-c2cccnc2[C@H](Cc2cc(F)cc(F)c2)NC(=O)Cn2nc(C(F)F)c3c2C(F)(F)C2CC32)cc1. The predicted octanol–water partition coefficient (Wildman–Crippen LogP) is 5.72. The summed E-state index contributed by atoms with van der Waals surface area (Å²) in [6, 6.07) is 10.8. The molecule has 0 saturated heterocycles. The minimum absolute atomic E-state index is 0.0242. The van der Waals surface area contributed by atoms with Gasteiger partial charge in [-0.05, 0) is 60.2 Å². The van der Waals surface area contributed by atoms with Gasteiger partial charge < -0.3 is 5.32 Å². The molecule has 15 heteroatoms. The highest BCUT2D eigenvalue weighted by molar-refractivity contribution is 7.89. The summed E-state index contributed by atoms with van der Waals surface area (Å²) in [5.41, 5.74) is -0.398. The molecule has 1 saturated carbocycles. The van der Waals surface area contributed by atoms with E-state index in [0.717, 1.165) is 16.4 Å². The van der Waals surface area contributed by atoms with Crippen molar-refractivity contribution in [1.82, 2.24) is 24.4 Å². The van der Waals surface area contributed by atoms with Gasteiger partial charge >= 0.3 is 0 Å². The summed E-state index contributed by atoms with van der Waals surface area (Å²) >= 11 is 0. The molecule has 0 spiro atoms. The zero-order valence-electron chi connectivity index (χ0n) is 24.4. The number of fused-ring (bicyclic) bond motifs is 3. The Morgan fingerprint density at radius 1 is 1.07 bits per heavy atom. The third-order valence-corrected chi connectivity index (χ3v) is 10.1. The van der Waals surface area contributed by atoms with Crippen LogP contribution in [0.5, 0.6) is 0 Å². The standard InChI is InChI=1S/C31H27F6N5O3S/c1-41(2)46(44,45)20-7-5-17(6-8-20)21-4-3-9-38-27(21)24(12-16-10-18(32)13-19(33)11-16)39-25(43)15-42-29-26(28(40-42)30(34)35)22-14-23(22)31(29,36)37/h3-11,13,22-24,30H,12,14-15H2,1-2H3,(H,39,43)/t22?,23?,24-/m0/s1. The van der Waals surface area contributed by atoms with Gasteiger partial charge in [0.05, 0.1) is 16.6 Å². The van der Waals surface area contributed by atoms with Crippen molar-refractivity contribution in [1.29, 1.82) is 0 Å². The molecule has 3 atom stereocenters. The number of carbonyl (C=O) groups excluding carboxylic acids is 1. The van der Waals surface area contributed by atoms with Gasteiger partial charge in [0.1, 0.15) is 29.6 Å². The molecule has 2 heterocycles. The van der Waals surface area contributed by atoms with Crippen molar-refractivity contribution in [2.24, 2.45) is 5.92 Å². The number of amides is 1. The number of alkyl halides is 4. The number of benzene rings is 2. The molecule has 1 N–H and O–H groups in total. The normalized spacial score (nSPS) is 18.8. The van der Waals surface area contributed by atoms with E-state index < -0.39 is 75.7 Å². The molecular weight excluding hydrogens is 636 g/mol. The lowest BCUT2D eigenvalue weighted by Gasteiger charge is -2.22. The Bertz CT molecular complexity index is 1910. The molecule has 1 fully saturated rings. The smallest absolute Gasteiger partial charge is 0.293 e. The van der Waals surface area contributed by atoms with E-state index in [-0.39, 0.29) is 34.6 Å². The fraction of sp³-hybridized carbons (Fsp3) is 0.323. The van der Waals surface area contributed by atoms with Gasteiger partial charge in [-0.2, -0.15) is 13.9 Å². The van der Waals surface area contributed by atoms with Crippen molar-refractivity contribution in [3.05, 3.63) is 101 Å². The molecule has 2 aliphatic rings. The summed E-state index contributed by atoms with van der Waals surface area (Å²) in [6.07, 6.45) is -1.83. The molecule has 2 unspecified atom stereocenters. The lowest BCUT2D eigenvalue weighted by molar-refractivity contribution is -0.123. The average Bonchev–Trinajstić information content (AvgIpc) is 3.65. The number of aromatic nitrogens is 3. The molecule has 0 aliphatic heterocycles. The summed E-state index contributed by atoms with van der Waals surface area (Å²) < 4.78 is 113. The van der Waals surface area contributed by atoms with Crippen LogP contribution < -0.4 is 5.32 Å². The number of sulfonamides is 1. The first-order valence-corrected chi connectivity index (χ1v) is 15.6. The van der Waals surface area contributed by atoms with Crippen LogP contribution in [0.25, 0.3) is 11.1 Å². The van der Waals surface area contributed by atoms with Crippen LogP contribution in [0.3, 0.4) is 0 Å². The van der Waals surface area contributed by atoms with Crippen molar-refractivity contribution in [2.45, 2.75) is 48.6 Å². The molecule has 1 amide bonds. The Morgan fingerprint density at radius 2 is 1.74 bits per heavy atom. The van der Waals surface area contributed by atoms with E-state index in [9.17, 15) is 30.8 Å². The van der Waals surface area contributed by atoms with Crippen molar-refractivity contribution in [3.63, 3.8) is 0 Å². The Balaban J connectivity index is 1.35. The Kier molecular flexibility index (Phi) is 7.95. The third kappa shape index (κ3) is 5.66. The van der Waals surface area contributed by atoms with E-state index in [1.54, 1.807) is 12.1 Å². The number of hydrogen-bond acceptors (Lipinski definition) is 5. The van der Waals surface area contributed by atoms with Gasteiger partial charge in [-0.3, -0.25) is 14.5 Å². The largest absolute Gasteiger partial charge is 0.346 e. The molecule has 4 aromatic rings. The van der Waals surface area contributed by atoms with E-state index in [2.05, 4.69) is 15.4 Å². The highest BCUT2D eigenvalue weighted by Gasteiger charge is 2.67. The second-order valence-corrected chi connectivity index (χ2v) is 13.7. The molecule has 8 nitrogen and oxygen atoms in total. The van der Waals surface area contributed by atoms with Gasteiger partial charge in [0.25, 0.3) is 12.3 Å². The van der Waals surface area contributed by atoms with Gasteiger partial charge in [-0.1, -0.05) is 18.2 Å². The molecule has 242 valence electrons. The number of hydrogen-bond donors (Lipinski definition) is 1. The minimum atomic E-state index is -3.73. The van der Waals surface area contributed by atoms with Gasteiger partial charge in [0.15, 0.2) is 0 Å². The number of halogens is 6. The number of nitrogens with zero attached hydrogens (tertiary/aromatic N) is 4. The maximum atomic E-state index is 15.1. The Labute approximate surface area is 260 Å². The first kappa shape index (κ1) is 31.7. The first-order valence-electron chi connectivity index (χ1n) is 14.2. The van der Waals surface area contributed by atoms with Crippen molar-refractivity contribution in [3.8, 4) is 11.1 Å². The topological polar surface area (TPSA) is 97.2 Å². The van der Waals surface area contributed by atoms with Crippen LogP contribution in [0.2, 0.25) is 0 Å². The maximum Gasteiger partial charge on any atom is 0.293 e. The van der Waals surface area contributed by atoms with E-state index in [4.69, 9.17) is 0 Å². The lowest BCUT2D eigenvalue weighted by atomic mass is 9.95. The van der Waals surface area contributed by atoms with Crippen LogP contribution in [0, 0.1) is 17.6 Å². The Hall–Kier alpha value is -4.24. The zero-order valence-corrected chi connectivity index (χ0v) is 25.2.